The van der Waals surface area contributed by atoms with Crippen molar-refractivity contribution in [2.75, 3.05) is 26.2 Å². The van der Waals surface area contributed by atoms with Crippen LogP contribution in [0, 0.1) is 10.1 Å². The van der Waals surface area contributed by atoms with E-state index in [1.54, 1.807) is 4.90 Å². The molecule has 0 unspecified atom stereocenters. The SMILES string of the molecule is O=C(c1ccc(Cl)c([N+](=O)[O-])c1)N1CCN(Cc2cccc(Cl)c2)CC1. The minimum Gasteiger partial charge on any atom is -0.336 e. The maximum atomic E-state index is 12.6. The number of nitro groups is 1. The van der Waals surface area contributed by atoms with E-state index >= 15 is 0 Å². The number of piperazine rings is 1. The number of hydrogen-bond acceptors (Lipinski definition) is 4. The van der Waals surface area contributed by atoms with Crippen LogP contribution in [0.5, 0.6) is 0 Å². The molecule has 0 aromatic heterocycles. The Hall–Kier alpha value is -2.15. The van der Waals surface area contributed by atoms with Gasteiger partial charge in [0.25, 0.3) is 11.6 Å². The van der Waals surface area contributed by atoms with Gasteiger partial charge in [0.05, 0.1) is 4.92 Å². The number of hydrogen-bond donors (Lipinski definition) is 0. The van der Waals surface area contributed by atoms with Crippen molar-refractivity contribution in [2.24, 2.45) is 0 Å². The van der Waals surface area contributed by atoms with E-state index in [2.05, 4.69) is 4.90 Å². The van der Waals surface area contributed by atoms with E-state index in [9.17, 15) is 14.9 Å². The van der Waals surface area contributed by atoms with Gasteiger partial charge in [0, 0.05) is 49.4 Å². The molecule has 136 valence electrons. The molecule has 0 bridgehead atoms. The summed E-state index contributed by atoms with van der Waals surface area (Å²) in [6.45, 7) is 3.36. The summed E-state index contributed by atoms with van der Waals surface area (Å²) < 4.78 is 0. The van der Waals surface area contributed by atoms with Crippen molar-refractivity contribution in [3.8, 4) is 0 Å². The third-order valence-electron chi connectivity index (χ3n) is 4.34. The van der Waals surface area contributed by atoms with Crippen LogP contribution < -0.4 is 0 Å². The Kier molecular flexibility index (Phi) is 5.76. The number of rotatable bonds is 4. The highest BCUT2D eigenvalue weighted by Crippen LogP contribution is 2.26. The van der Waals surface area contributed by atoms with Gasteiger partial charge in [0.15, 0.2) is 0 Å². The van der Waals surface area contributed by atoms with Gasteiger partial charge in [-0.3, -0.25) is 19.8 Å². The average Bonchev–Trinajstić information content (AvgIpc) is 2.62. The lowest BCUT2D eigenvalue weighted by atomic mass is 10.1. The van der Waals surface area contributed by atoms with Crippen molar-refractivity contribution in [1.82, 2.24) is 9.80 Å². The van der Waals surface area contributed by atoms with Gasteiger partial charge >= 0.3 is 0 Å². The van der Waals surface area contributed by atoms with E-state index in [1.165, 1.54) is 18.2 Å². The van der Waals surface area contributed by atoms with Crippen molar-refractivity contribution < 1.29 is 9.72 Å². The molecule has 2 aromatic carbocycles. The Morgan fingerprint density at radius 3 is 2.46 bits per heavy atom. The largest absolute Gasteiger partial charge is 0.336 e. The Balaban J connectivity index is 1.62. The highest BCUT2D eigenvalue weighted by atomic mass is 35.5. The summed E-state index contributed by atoms with van der Waals surface area (Å²) in [5.41, 5.74) is 1.16. The molecule has 2 aromatic rings. The minimum atomic E-state index is -0.581. The van der Waals surface area contributed by atoms with Crippen molar-refractivity contribution in [1.29, 1.82) is 0 Å². The third kappa shape index (κ3) is 4.33. The molecule has 0 spiro atoms. The lowest BCUT2D eigenvalue weighted by Crippen LogP contribution is -2.48. The van der Waals surface area contributed by atoms with Gasteiger partial charge in [-0.2, -0.15) is 0 Å². The maximum absolute atomic E-state index is 12.6. The molecular formula is C18H17Cl2N3O3. The van der Waals surface area contributed by atoms with Gasteiger partial charge in [-0.05, 0) is 29.8 Å². The van der Waals surface area contributed by atoms with Gasteiger partial charge in [-0.25, -0.2) is 0 Å². The van der Waals surface area contributed by atoms with Crippen LogP contribution in [0.25, 0.3) is 0 Å². The standard InChI is InChI=1S/C18H17Cl2N3O3/c19-15-3-1-2-13(10-15)12-21-6-8-22(9-7-21)18(24)14-4-5-16(20)17(11-14)23(25)26/h1-5,10-11H,6-9,12H2. The fourth-order valence-electron chi connectivity index (χ4n) is 2.97. The summed E-state index contributed by atoms with van der Waals surface area (Å²) >= 11 is 11.8. The number of amides is 1. The number of benzene rings is 2. The molecule has 0 saturated carbocycles. The number of nitrogens with zero attached hydrogens (tertiary/aromatic N) is 3. The smallest absolute Gasteiger partial charge is 0.288 e. The van der Waals surface area contributed by atoms with E-state index in [-0.39, 0.29) is 22.2 Å². The van der Waals surface area contributed by atoms with Gasteiger partial charge < -0.3 is 4.90 Å². The quantitative estimate of drug-likeness (QED) is 0.584. The molecule has 0 radical (unpaired) electrons. The molecule has 26 heavy (non-hydrogen) atoms. The molecular weight excluding hydrogens is 377 g/mol. The van der Waals surface area contributed by atoms with E-state index in [4.69, 9.17) is 23.2 Å². The predicted octanol–water partition coefficient (Wildman–Crippen LogP) is 3.86. The van der Waals surface area contributed by atoms with E-state index in [1.807, 2.05) is 24.3 Å². The predicted molar refractivity (Wildman–Crippen MR) is 101 cm³/mol. The molecule has 6 nitrogen and oxygen atoms in total. The lowest BCUT2D eigenvalue weighted by molar-refractivity contribution is -0.384. The molecule has 1 aliphatic rings. The van der Waals surface area contributed by atoms with Crippen LogP contribution in [0.4, 0.5) is 5.69 Å². The summed E-state index contributed by atoms with van der Waals surface area (Å²) in [6.07, 6.45) is 0. The maximum Gasteiger partial charge on any atom is 0.288 e. The first-order valence-corrected chi connectivity index (χ1v) is 8.89. The topological polar surface area (TPSA) is 66.7 Å². The van der Waals surface area contributed by atoms with Crippen LogP contribution in [0.1, 0.15) is 15.9 Å². The van der Waals surface area contributed by atoms with Crippen molar-refractivity contribution >= 4 is 34.8 Å². The molecule has 1 amide bonds. The molecule has 1 aliphatic heterocycles. The van der Waals surface area contributed by atoms with Crippen molar-refractivity contribution in [3.63, 3.8) is 0 Å². The first kappa shape index (κ1) is 18.6. The van der Waals surface area contributed by atoms with Gasteiger partial charge in [0.1, 0.15) is 5.02 Å². The van der Waals surface area contributed by atoms with Crippen LogP contribution >= 0.6 is 23.2 Å². The van der Waals surface area contributed by atoms with Crippen LogP contribution in [0.3, 0.4) is 0 Å². The summed E-state index contributed by atoms with van der Waals surface area (Å²) in [5, 5.41) is 11.7. The third-order valence-corrected chi connectivity index (χ3v) is 4.90. The van der Waals surface area contributed by atoms with E-state index in [0.717, 1.165) is 25.2 Å². The first-order chi connectivity index (χ1) is 12.4. The van der Waals surface area contributed by atoms with Crippen LogP contribution in [0.15, 0.2) is 42.5 Å². The first-order valence-electron chi connectivity index (χ1n) is 8.14. The Bertz CT molecular complexity index is 836. The zero-order valence-electron chi connectivity index (χ0n) is 13.9. The second-order valence-electron chi connectivity index (χ2n) is 6.12. The molecule has 1 saturated heterocycles. The van der Waals surface area contributed by atoms with Crippen LogP contribution in [-0.2, 0) is 6.54 Å². The number of halogens is 2. The minimum absolute atomic E-state index is 0.0258. The zero-order chi connectivity index (χ0) is 18.7. The number of carbonyl (C=O) groups excluding carboxylic acids is 1. The lowest BCUT2D eigenvalue weighted by Gasteiger charge is -2.34. The Morgan fingerprint density at radius 1 is 1.08 bits per heavy atom. The van der Waals surface area contributed by atoms with Crippen molar-refractivity contribution in [2.45, 2.75) is 6.54 Å². The van der Waals surface area contributed by atoms with Gasteiger partial charge in [-0.1, -0.05) is 35.3 Å². The Labute approximate surface area is 161 Å². The van der Waals surface area contributed by atoms with Crippen LogP contribution in [-0.4, -0.2) is 46.8 Å². The van der Waals surface area contributed by atoms with Gasteiger partial charge in [-0.15, -0.1) is 0 Å². The fraction of sp³-hybridized carbons (Fsp3) is 0.278. The average molecular weight is 394 g/mol. The second kappa shape index (κ2) is 8.03. The summed E-state index contributed by atoms with van der Waals surface area (Å²) in [4.78, 5) is 27.0. The molecule has 8 heteroatoms. The highest BCUT2D eigenvalue weighted by molar-refractivity contribution is 6.32. The molecule has 3 rings (SSSR count). The normalized spacial score (nSPS) is 15.1. The molecule has 0 atom stereocenters. The van der Waals surface area contributed by atoms with Gasteiger partial charge in [0.2, 0.25) is 0 Å². The summed E-state index contributed by atoms with van der Waals surface area (Å²) in [6, 6.07) is 11.9. The second-order valence-corrected chi connectivity index (χ2v) is 6.97. The molecule has 0 aliphatic carbocycles. The number of carbonyl (C=O) groups is 1. The molecule has 1 heterocycles. The monoisotopic (exact) mass is 393 g/mol. The fourth-order valence-corrected chi connectivity index (χ4v) is 3.37. The van der Waals surface area contributed by atoms with Crippen molar-refractivity contribution in [3.05, 3.63) is 73.8 Å². The highest BCUT2D eigenvalue weighted by Gasteiger charge is 2.24. The Morgan fingerprint density at radius 2 is 1.81 bits per heavy atom. The molecule has 0 N–H and O–H groups in total. The van der Waals surface area contributed by atoms with E-state index < -0.39 is 4.92 Å². The zero-order valence-corrected chi connectivity index (χ0v) is 15.4. The molecule has 1 fully saturated rings. The van der Waals surface area contributed by atoms with Crippen LogP contribution in [0.2, 0.25) is 10.0 Å². The number of nitro benzene ring substituents is 1. The van der Waals surface area contributed by atoms with E-state index in [0.29, 0.717) is 18.1 Å². The summed E-state index contributed by atoms with van der Waals surface area (Å²) in [7, 11) is 0. The summed E-state index contributed by atoms with van der Waals surface area (Å²) in [5.74, 6) is -0.216.